The summed E-state index contributed by atoms with van der Waals surface area (Å²) in [5, 5.41) is 38.3. The van der Waals surface area contributed by atoms with Crippen LogP contribution in [-0.4, -0.2) is 26.4 Å². The first kappa shape index (κ1) is 16.1. The standard InChI is InChI=1S/C15H22O5/c1-4-5-6-7-15(2,3)10-8-9(14(19)20)11(16)13(18)12(10)17/h8,16-18H,4-7H2,1-3H3,(H,19,20). The van der Waals surface area contributed by atoms with Crippen molar-refractivity contribution in [3.05, 3.63) is 17.2 Å². The van der Waals surface area contributed by atoms with E-state index in [1.54, 1.807) is 0 Å². The van der Waals surface area contributed by atoms with Crippen molar-refractivity contribution in [2.24, 2.45) is 0 Å². The van der Waals surface area contributed by atoms with Crippen molar-refractivity contribution >= 4 is 5.97 Å². The summed E-state index contributed by atoms with van der Waals surface area (Å²) < 4.78 is 0. The van der Waals surface area contributed by atoms with Gasteiger partial charge in [0.15, 0.2) is 11.5 Å². The third-order valence-electron chi connectivity index (χ3n) is 3.61. The minimum absolute atomic E-state index is 0.335. The highest BCUT2D eigenvalue weighted by atomic mass is 16.4. The number of carbonyl (C=O) groups is 1. The van der Waals surface area contributed by atoms with E-state index in [1.807, 2.05) is 13.8 Å². The molecular formula is C15H22O5. The van der Waals surface area contributed by atoms with Crippen LogP contribution in [0.1, 0.15) is 62.4 Å². The van der Waals surface area contributed by atoms with E-state index in [0.717, 1.165) is 25.7 Å². The van der Waals surface area contributed by atoms with Crippen LogP contribution in [0.15, 0.2) is 6.07 Å². The highest BCUT2D eigenvalue weighted by molar-refractivity contribution is 5.93. The van der Waals surface area contributed by atoms with Gasteiger partial charge in [-0.1, -0.05) is 40.0 Å². The second kappa shape index (κ2) is 6.03. The molecule has 1 rings (SSSR count). The van der Waals surface area contributed by atoms with Gasteiger partial charge in [0.25, 0.3) is 0 Å². The second-order valence-electron chi connectivity index (χ2n) is 5.66. The summed E-state index contributed by atoms with van der Waals surface area (Å²) in [5.41, 5.74) is -0.561. The molecule has 0 saturated heterocycles. The van der Waals surface area contributed by atoms with Gasteiger partial charge in [-0.2, -0.15) is 0 Å². The molecule has 0 heterocycles. The number of hydrogen-bond donors (Lipinski definition) is 4. The molecule has 0 aliphatic rings. The molecule has 0 aliphatic heterocycles. The van der Waals surface area contributed by atoms with Crippen LogP contribution in [0.3, 0.4) is 0 Å². The molecule has 20 heavy (non-hydrogen) atoms. The molecule has 0 unspecified atom stereocenters. The third-order valence-corrected chi connectivity index (χ3v) is 3.61. The van der Waals surface area contributed by atoms with Crippen molar-refractivity contribution in [2.75, 3.05) is 0 Å². The molecule has 0 radical (unpaired) electrons. The predicted molar refractivity (Wildman–Crippen MR) is 75.6 cm³/mol. The molecule has 4 N–H and O–H groups in total. The molecule has 0 aliphatic carbocycles. The average Bonchev–Trinajstić information content (AvgIpc) is 2.35. The molecule has 0 bridgehead atoms. The van der Waals surface area contributed by atoms with E-state index in [-0.39, 0.29) is 0 Å². The smallest absolute Gasteiger partial charge is 0.339 e. The fourth-order valence-corrected chi connectivity index (χ4v) is 2.28. The molecule has 5 heteroatoms. The Hall–Kier alpha value is -1.91. The number of hydrogen-bond acceptors (Lipinski definition) is 4. The lowest BCUT2D eigenvalue weighted by Gasteiger charge is -2.27. The van der Waals surface area contributed by atoms with Gasteiger partial charge < -0.3 is 20.4 Å². The Morgan fingerprint density at radius 2 is 1.70 bits per heavy atom. The lowest BCUT2D eigenvalue weighted by Crippen LogP contribution is -2.18. The van der Waals surface area contributed by atoms with Crippen molar-refractivity contribution in [1.82, 2.24) is 0 Å². The van der Waals surface area contributed by atoms with Crippen molar-refractivity contribution in [2.45, 2.75) is 51.9 Å². The van der Waals surface area contributed by atoms with Gasteiger partial charge in [-0.3, -0.25) is 0 Å². The van der Waals surface area contributed by atoms with Crippen LogP contribution < -0.4 is 0 Å². The average molecular weight is 282 g/mol. The molecule has 0 atom stereocenters. The molecule has 5 nitrogen and oxygen atoms in total. The Bertz CT molecular complexity index is 505. The first-order chi connectivity index (χ1) is 9.22. The maximum atomic E-state index is 11.1. The Kier molecular flexibility index (Phi) is 4.87. The molecule has 0 aromatic heterocycles. The lowest BCUT2D eigenvalue weighted by atomic mass is 9.78. The number of unbranched alkanes of at least 4 members (excludes halogenated alkanes) is 2. The van der Waals surface area contributed by atoms with E-state index in [1.165, 1.54) is 6.07 Å². The van der Waals surface area contributed by atoms with Crippen LogP contribution in [0.2, 0.25) is 0 Å². The van der Waals surface area contributed by atoms with Crippen LogP contribution >= 0.6 is 0 Å². The maximum Gasteiger partial charge on any atom is 0.339 e. The number of benzene rings is 1. The van der Waals surface area contributed by atoms with E-state index in [0.29, 0.717) is 5.56 Å². The topological polar surface area (TPSA) is 98.0 Å². The summed E-state index contributed by atoms with van der Waals surface area (Å²) in [6.07, 6.45) is 3.79. The SMILES string of the molecule is CCCCCC(C)(C)c1cc(C(=O)O)c(O)c(O)c1O. The van der Waals surface area contributed by atoms with Gasteiger partial charge in [-0.05, 0) is 17.9 Å². The number of rotatable bonds is 6. The third kappa shape index (κ3) is 3.15. The minimum atomic E-state index is -1.34. The minimum Gasteiger partial charge on any atom is -0.504 e. The summed E-state index contributed by atoms with van der Waals surface area (Å²) in [6, 6.07) is 1.23. The number of carboxylic acids is 1. The van der Waals surface area contributed by atoms with E-state index >= 15 is 0 Å². The largest absolute Gasteiger partial charge is 0.504 e. The fraction of sp³-hybridized carbons (Fsp3) is 0.533. The first-order valence-electron chi connectivity index (χ1n) is 6.74. The Morgan fingerprint density at radius 3 is 2.20 bits per heavy atom. The molecule has 1 aromatic carbocycles. The van der Waals surface area contributed by atoms with Crippen LogP contribution in [0.25, 0.3) is 0 Å². The second-order valence-corrected chi connectivity index (χ2v) is 5.66. The van der Waals surface area contributed by atoms with Gasteiger partial charge in [0.2, 0.25) is 5.75 Å². The van der Waals surface area contributed by atoms with Crippen LogP contribution in [-0.2, 0) is 5.41 Å². The normalized spacial score (nSPS) is 11.6. The maximum absolute atomic E-state index is 11.1. The quantitative estimate of drug-likeness (QED) is 0.474. The van der Waals surface area contributed by atoms with Crippen molar-refractivity contribution in [3.8, 4) is 17.2 Å². The zero-order valence-corrected chi connectivity index (χ0v) is 12.1. The van der Waals surface area contributed by atoms with E-state index in [9.17, 15) is 20.1 Å². The lowest BCUT2D eigenvalue weighted by molar-refractivity contribution is 0.0692. The van der Waals surface area contributed by atoms with Crippen LogP contribution in [0.5, 0.6) is 17.2 Å². The first-order valence-corrected chi connectivity index (χ1v) is 6.74. The Morgan fingerprint density at radius 1 is 1.10 bits per heavy atom. The van der Waals surface area contributed by atoms with Gasteiger partial charge in [0.1, 0.15) is 5.56 Å². The molecule has 1 aromatic rings. The number of phenols is 3. The zero-order valence-electron chi connectivity index (χ0n) is 12.1. The summed E-state index contributed by atoms with van der Waals surface area (Å²) in [5.74, 6) is -3.37. The molecule has 0 fully saturated rings. The van der Waals surface area contributed by atoms with Crippen LogP contribution in [0, 0.1) is 0 Å². The molecule has 0 amide bonds. The van der Waals surface area contributed by atoms with Gasteiger partial charge >= 0.3 is 5.97 Å². The van der Waals surface area contributed by atoms with E-state index in [4.69, 9.17) is 5.11 Å². The van der Waals surface area contributed by atoms with Gasteiger partial charge in [0, 0.05) is 5.56 Å². The van der Waals surface area contributed by atoms with Crippen molar-refractivity contribution in [3.63, 3.8) is 0 Å². The van der Waals surface area contributed by atoms with Crippen LogP contribution in [0.4, 0.5) is 0 Å². The fourth-order valence-electron chi connectivity index (χ4n) is 2.28. The number of aromatic carboxylic acids is 1. The van der Waals surface area contributed by atoms with Gasteiger partial charge in [-0.15, -0.1) is 0 Å². The zero-order chi connectivity index (χ0) is 15.5. The van der Waals surface area contributed by atoms with E-state index in [2.05, 4.69) is 6.92 Å². The summed E-state index contributed by atoms with van der Waals surface area (Å²) in [6.45, 7) is 5.83. The number of aromatic hydroxyl groups is 3. The highest BCUT2D eigenvalue weighted by Crippen LogP contribution is 2.46. The summed E-state index contributed by atoms with van der Waals surface area (Å²) >= 11 is 0. The highest BCUT2D eigenvalue weighted by Gasteiger charge is 2.29. The number of carboxylic acid groups (broad SMARTS) is 1. The van der Waals surface area contributed by atoms with Gasteiger partial charge in [0.05, 0.1) is 0 Å². The van der Waals surface area contributed by atoms with Crippen molar-refractivity contribution in [1.29, 1.82) is 0 Å². The van der Waals surface area contributed by atoms with Gasteiger partial charge in [-0.25, -0.2) is 4.79 Å². The Labute approximate surface area is 118 Å². The summed E-state index contributed by atoms with van der Waals surface area (Å²) in [4.78, 5) is 11.1. The molecule has 0 spiro atoms. The predicted octanol–water partition coefficient (Wildman–Crippen LogP) is 3.36. The molecule has 0 saturated carbocycles. The van der Waals surface area contributed by atoms with Crippen molar-refractivity contribution < 1.29 is 25.2 Å². The number of phenolic OH excluding ortho intramolecular Hbond substituents is 2. The molecule has 112 valence electrons. The monoisotopic (exact) mass is 282 g/mol. The van der Waals surface area contributed by atoms with E-state index < -0.39 is 34.2 Å². The summed E-state index contributed by atoms with van der Waals surface area (Å²) in [7, 11) is 0. The molecular weight excluding hydrogens is 260 g/mol. The Balaban J connectivity index is 3.26.